The van der Waals surface area contributed by atoms with Crippen molar-refractivity contribution in [3.8, 4) is 0 Å². The fourth-order valence-electron chi connectivity index (χ4n) is 2.12. The van der Waals surface area contributed by atoms with Crippen molar-refractivity contribution in [2.24, 2.45) is 0 Å². The standard InChI is InChI=1S/C17H21NO3S3/c1-17(2,3)23-15(19)12-14(13-8-5-4-6-9-13)18-24(20,21)16-10-7-11-22-16/h4-11,14,18H,12H2,1-3H3/t14-/m1/s1. The van der Waals surface area contributed by atoms with E-state index in [9.17, 15) is 13.2 Å². The van der Waals surface area contributed by atoms with E-state index in [0.29, 0.717) is 0 Å². The highest BCUT2D eigenvalue weighted by Crippen LogP contribution is 2.30. The minimum Gasteiger partial charge on any atom is -0.287 e. The fraction of sp³-hybridized carbons (Fsp3) is 0.353. The van der Waals surface area contributed by atoms with Crippen LogP contribution in [0, 0.1) is 0 Å². The second-order valence-corrected chi connectivity index (χ2v) is 11.1. The number of thioether (sulfide) groups is 1. The number of nitrogens with one attached hydrogen (secondary N) is 1. The highest BCUT2D eigenvalue weighted by atomic mass is 32.2. The van der Waals surface area contributed by atoms with E-state index in [1.54, 1.807) is 17.5 Å². The summed E-state index contributed by atoms with van der Waals surface area (Å²) in [5.74, 6) is 0. The van der Waals surface area contributed by atoms with Gasteiger partial charge in [0.05, 0.1) is 6.04 Å². The minimum atomic E-state index is -3.65. The van der Waals surface area contributed by atoms with E-state index >= 15 is 0 Å². The van der Waals surface area contributed by atoms with Gasteiger partial charge in [-0.2, -0.15) is 0 Å². The Morgan fingerprint density at radius 3 is 2.38 bits per heavy atom. The fourth-order valence-corrected chi connectivity index (χ4v) is 5.29. The molecule has 1 N–H and O–H groups in total. The van der Waals surface area contributed by atoms with Crippen molar-refractivity contribution in [1.29, 1.82) is 0 Å². The van der Waals surface area contributed by atoms with E-state index in [1.165, 1.54) is 11.8 Å². The number of hydrogen-bond donors (Lipinski definition) is 1. The van der Waals surface area contributed by atoms with Gasteiger partial charge in [0.25, 0.3) is 10.0 Å². The molecule has 0 radical (unpaired) electrons. The van der Waals surface area contributed by atoms with Crippen LogP contribution in [-0.2, 0) is 14.8 Å². The molecule has 130 valence electrons. The van der Waals surface area contributed by atoms with E-state index < -0.39 is 16.1 Å². The molecule has 0 aliphatic heterocycles. The van der Waals surface area contributed by atoms with Gasteiger partial charge in [-0.15, -0.1) is 11.3 Å². The molecule has 2 rings (SSSR count). The lowest BCUT2D eigenvalue weighted by Crippen LogP contribution is -2.30. The molecular formula is C17H21NO3S3. The molecule has 0 saturated carbocycles. The maximum Gasteiger partial charge on any atom is 0.250 e. The Bertz CT molecular complexity index is 763. The van der Waals surface area contributed by atoms with Gasteiger partial charge in [0.15, 0.2) is 5.12 Å². The van der Waals surface area contributed by atoms with E-state index in [2.05, 4.69) is 4.72 Å². The van der Waals surface area contributed by atoms with Gasteiger partial charge in [-0.25, -0.2) is 13.1 Å². The smallest absolute Gasteiger partial charge is 0.250 e. The molecule has 0 bridgehead atoms. The molecule has 2 aromatic rings. The van der Waals surface area contributed by atoms with Crippen LogP contribution in [0.5, 0.6) is 0 Å². The molecule has 0 aliphatic carbocycles. The van der Waals surface area contributed by atoms with Crippen LogP contribution >= 0.6 is 23.1 Å². The van der Waals surface area contributed by atoms with Crippen LogP contribution in [0.4, 0.5) is 0 Å². The predicted molar refractivity (Wildman–Crippen MR) is 101 cm³/mol. The summed E-state index contributed by atoms with van der Waals surface area (Å²) >= 11 is 2.39. The van der Waals surface area contributed by atoms with Crippen molar-refractivity contribution in [2.45, 2.75) is 42.2 Å². The summed E-state index contributed by atoms with van der Waals surface area (Å²) in [6.45, 7) is 5.88. The number of hydrogen-bond acceptors (Lipinski definition) is 5. The Labute approximate surface area is 151 Å². The van der Waals surface area contributed by atoms with Crippen molar-refractivity contribution >= 4 is 38.2 Å². The third kappa shape index (κ3) is 5.73. The van der Waals surface area contributed by atoms with Gasteiger partial charge in [-0.05, 0) is 17.0 Å². The van der Waals surface area contributed by atoms with Crippen molar-refractivity contribution in [1.82, 2.24) is 4.72 Å². The first-order chi connectivity index (χ1) is 11.2. The Morgan fingerprint density at radius 2 is 1.83 bits per heavy atom. The maximum absolute atomic E-state index is 12.5. The van der Waals surface area contributed by atoms with Gasteiger partial charge in [0.1, 0.15) is 4.21 Å². The topological polar surface area (TPSA) is 63.2 Å². The zero-order valence-electron chi connectivity index (χ0n) is 13.9. The lowest BCUT2D eigenvalue weighted by atomic mass is 10.1. The highest BCUT2D eigenvalue weighted by Gasteiger charge is 2.26. The van der Waals surface area contributed by atoms with E-state index in [1.807, 2.05) is 51.1 Å². The largest absolute Gasteiger partial charge is 0.287 e. The molecule has 1 aromatic carbocycles. The number of thiophene rings is 1. The van der Waals surface area contributed by atoms with Gasteiger partial charge in [-0.1, -0.05) is 68.9 Å². The van der Waals surface area contributed by atoms with Crippen LogP contribution in [0.2, 0.25) is 0 Å². The highest BCUT2D eigenvalue weighted by molar-refractivity contribution is 8.14. The van der Waals surface area contributed by atoms with Crippen LogP contribution in [0.3, 0.4) is 0 Å². The summed E-state index contributed by atoms with van der Waals surface area (Å²) < 4.78 is 27.8. The first kappa shape index (κ1) is 19.2. The van der Waals surface area contributed by atoms with E-state index in [0.717, 1.165) is 16.9 Å². The number of sulfonamides is 1. The third-order valence-corrected chi connectivity index (χ3v) is 6.93. The van der Waals surface area contributed by atoms with Gasteiger partial charge in [-0.3, -0.25) is 4.79 Å². The van der Waals surface area contributed by atoms with Crippen molar-refractivity contribution < 1.29 is 13.2 Å². The number of carbonyl (C=O) groups is 1. The van der Waals surface area contributed by atoms with E-state index in [4.69, 9.17) is 0 Å². The number of rotatable bonds is 6. The lowest BCUT2D eigenvalue weighted by Gasteiger charge is -2.21. The Hall–Kier alpha value is -1.15. The molecule has 1 heterocycles. The summed E-state index contributed by atoms with van der Waals surface area (Å²) in [5.41, 5.74) is 0.778. The molecule has 7 heteroatoms. The first-order valence-electron chi connectivity index (χ1n) is 7.50. The molecule has 0 amide bonds. The predicted octanol–water partition coefficient (Wildman–Crippen LogP) is 4.22. The zero-order chi connectivity index (χ0) is 17.8. The molecule has 0 fully saturated rings. The molecule has 4 nitrogen and oxygen atoms in total. The Kier molecular flexibility index (Phi) is 6.25. The van der Waals surface area contributed by atoms with E-state index in [-0.39, 0.29) is 20.5 Å². The maximum atomic E-state index is 12.5. The summed E-state index contributed by atoms with van der Waals surface area (Å²) in [6.07, 6.45) is 0.108. The van der Waals surface area contributed by atoms with Gasteiger partial charge < -0.3 is 0 Å². The normalized spacial score (nSPS) is 13.6. The summed E-state index contributed by atoms with van der Waals surface area (Å²) in [5, 5.41) is 1.68. The van der Waals surface area contributed by atoms with Gasteiger partial charge >= 0.3 is 0 Å². The average molecular weight is 384 g/mol. The summed E-state index contributed by atoms with van der Waals surface area (Å²) in [7, 11) is -3.65. The van der Waals surface area contributed by atoms with Crippen molar-refractivity contribution in [2.75, 3.05) is 0 Å². The quantitative estimate of drug-likeness (QED) is 0.811. The van der Waals surface area contributed by atoms with Crippen LogP contribution in [0.25, 0.3) is 0 Å². The minimum absolute atomic E-state index is 0.0368. The first-order valence-corrected chi connectivity index (χ1v) is 10.7. The van der Waals surface area contributed by atoms with Gasteiger partial charge in [0, 0.05) is 11.2 Å². The van der Waals surface area contributed by atoms with Crippen LogP contribution in [-0.4, -0.2) is 18.3 Å². The second kappa shape index (κ2) is 7.82. The monoisotopic (exact) mass is 383 g/mol. The van der Waals surface area contributed by atoms with Crippen LogP contribution in [0.15, 0.2) is 52.1 Å². The second-order valence-electron chi connectivity index (χ2n) is 6.31. The van der Waals surface area contributed by atoms with Gasteiger partial charge in [0.2, 0.25) is 0 Å². The Balaban J connectivity index is 2.23. The molecule has 1 atom stereocenters. The molecule has 0 unspecified atom stereocenters. The molecule has 0 spiro atoms. The number of carbonyl (C=O) groups excluding carboxylic acids is 1. The summed E-state index contributed by atoms with van der Waals surface area (Å²) in [6, 6.07) is 11.9. The molecule has 1 aromatic heterocycles. The van der Waals surface area contributed by atoms with Crippen molar-refractivity contribution in [3.63, 3.8) is 0 Å². The number of benzene rings is 1. The molecule has 24 heavy (non-hydrogen) atoms. The lowest BCUT2D eigenvalue weighted by molar-refractivity contribution is -0.111. The summed E-state index contributed by atoms with van der Waals surface area (Å²) in [4.78, 5) is 12.3. The molecule has 0 saturated heterocycles. The average Bonchev–Trinajstić information content (AvgIpc) is 3.00. The SMILES string of the molecule is CC(C)(C)SC(=O)C[C@@H](NS(=O)(=O)c1cccs1)c1ccccc1. The zero-order valence-corrected chi connectivity index (χ0v) is 16.3. The molecular weight excluding hydrogens is 362 g/mol. The van der Waals surface area contributed by atoms with Crippen LogP contribution in [0.1, 0.15) is 38.8 Å². The van der Waals surface area contributed by atoms with Crippen LogP contribution < -0.4 is 4.72 Å². The molecule has 0 aliphatic rings. The van der Waals surface area contributed by atoms with Crippen molar-refractivity contribution in [3.05, 3.63) is 53.4 Å². The Morgan fingerprint density at radius 1 is 1.17 bits per heavy atom. The third-order valence-electron chi connectivity index (χ3n) is 3.05.